The molecule has 0 aliphatic heterocycles. The average molecular weight is 276 g/mol. The first kappa shape index (κ1) is 13.1. The maximum absolute atomic E-state index is 5.88. The van der Waals surface area contributed by atoms with Crippen LogP contribution in [0.25, 0.3) is 0 Å². The van der Waals surface area contributed by atoms with Gasteiger partial charge < -0.3 is 16.4 Å². The van der Waals surface area contributed by atoms with E-state index in [4.69, 9.17) is 41.2 Å². The van der Waals surface area contributed by atoms with Crippen molar-refractivity contribution >= 4 is 51.9 Å². The second-order valence-corrected chi connectivity index (χ2v) is 4.20. The van der Waals surface area contributed by atoms with Crippen molar-refractivity contribution in [2.75, 3.05) is 17.6 Å². The van der Waals surface area contributed by atoms with Crippen LogP contribution in [0.4, 0.5) is 11.4 Å². The Bertz CT molecular complexity index is 398. The maximum Gasteiger partial charge on any atom is 0.171 e. The van der Waals surface area contributed by atoms with E-state index in [1.165, 1.54) is 0 Å². The molecule has 1 aromatic rings. The molecule has 0 unspecified atom stereocenters. The van der Waals surface area contributed by atoms with E-state index in [2.05, 4.69) is 17.2 Å². The second kappa shape index (κ2) is 5.94. The average Bonchev–Trinajstić information content (AvgIpc) is 2.23. The molecule has 0 spiro atoms. The third-order valence-electron chi connectivity index (χ3n) is 1.74. The van der Waals surface area contributed by atoms with Crippen LogP contribution in [0.3, 0.4) is 0 Å². The third kappa shape index (κ3) is 3.56. The molecule has 0 atom stereocenters. The molecular formula is C10H11Cl2N3S. The number of nitrogens with one attached hydrogen (secondary N) is 2. The van der Waals surface area contributed by atoms with Crippen LogP contribution in [0.2, 0.25) is 10.0 Å². The number of nitrogen functional groups attached to an aromatic ring is 1. The molecule has 16 heavy (non-hydrogen) atoms. The van der Waals surface area contributed by atoms with Crippen LogP contribution in [0.5, 0.6) is 0 Å². The van der Waals surface area contributed by atoms with Gasteiger partial charge in [-0.25, -0.2) is 0 Å². The molecule has 0 fully saturated rings. The van der Waals surface area contributed by atoms with E-state index in [1.807, 2.05) is 0 Å². The number of anilines is 2. The minimum absolute atomic E-state index is 0.360. The van der Waals surface area contributed by atoms with Crippen LogP contribution in [0.1, 0.15) is 0 Å². The molecule has 86 valence electrons. The molecule has 1 aromatic carbocycles. The summed E-state index contributed by atoms with van der Waals surface area (Å²) in [4.78, 5) is 0. The monoisotopic (exact) mass is 275 g/mol. The molecular weight excluding hydrogens is 265 g/mol. The zero-order valence-corrected chi connectivity index (χ0v) is 10.7. The van der Waals surface area contributed by atoms with Gasteiger partial charge in [0.15, 0.2) is 5.11 Å². The summed E-state index contributed by atoms with van der Waals surface area (Å²) in [5.41, 5.74) is 6.65. The lowest BCUT2D eigenvalue weighted by atomic mass is 10.3. The van der Waals surface area contributed by atoms with Gasteiger partial charge in [-0.3, -0.25) is 0 Å². The van der Waals surface area contributed by atoms with Crippen molar-refractivity contribution in [3.8, 4) is 0 Å². The molecule has 0 aromatic heterocycles. The van der Waals surface area contributed by atoms with E-state index in [-0.39, 0.29) is 0 Å². The number of hydrogen-bond donors (Lipinski definition) is 3. The molecule has 0 amide bonds. The highest BCUT2D eigenvalue weighted by Gasteiger charge is 2.05. The Kier molecular flexibility index (Phi) is 4.86. The van der Waals surface area contributed by atoms with Crippen molar-refractivity contribution in [1.82, 2.24) is 5.32 Å². The van der Waals surface area contributed by atoms with Crippen LogP contribution < -0.4 is 16.4 Å². The fraction of sp³-hybridized carbons (Fsp3) is 0.100. The normalized spacial score (nSPS) is 9.62. The Morgan fingerprint density at radius 2 is 2.00 bits per heavy atom. The maximum atomic E-state index is 5.88. The van der Waals surface area contributed by atoms with Crippen LogP contribution in [0.15, 0.2) is 24.8 Å². The molecule has 4 N–H and O–H groups in total. The summed E-state index contributed by atoms with van der Waals surface area (Å²) in [6.07, 6.45) is 1.71. The summed E-state index contributed by atoms with van der Waals surface area (Å²) in [6.45, 7) is 4.16. The Morgan fingerprint density at radius 3 is 2.50 bits per heavy atom. The van der Waals surface area contributed by atoms with E-state index in [0.29, 0.717) is 33.1 Å². The van der Waals surface area contributed by atoms with Crippen LogP contribution in [-0.4, -0.2) is 11.7 Å². The topological polar surface area (TPSA) is 50.1 Å². The SMILES string of the molecule is C=CCNC(=S)Nc1cc(Cl)c(N)c(Cl)c1. The van der Waals surface area contributed by atoms with Gasteiger partial charge in [0.1, 0.15) is 0 Å². The minimum Gasteiger partial charge on any atom is -0.396 e. The molecule has 0 radical (unpaired) electrons. The summed E-state index contributed by atoms with van der Waals surface area (Å²) in [5.74, 6) is 0. The Balaban J connectivity index is 2.74. The van der Waals surface area contributed by atoms with Gasteiger partial charge in [-0.1, -0.05) is 29.3 Å². The largest absolute Gasteiger partial charge is 0.396 e. The quantitative estimate of drug-likeness (QED) is 0.451. The first-order valence-corrected chi connectivity index (χ1v) is 5.61. The second-order valence-electron chi connectivity index (χ2n) is 2.98. The lowest BCUT2D eigenvalue weighted by molar-refractivity contribution is 1.06. The molecule has 0 saturated carbocycles. The number of rotatable bonds is 3. The number of hydrogen-bond acceptors (Lipinski definition) is 2. The Morgan fingerprint density at radius 1 is 1.44 bits per heavy atom. The van der Waals surface area contributed by atoms with Crippen LogP contribution in [-0.2, 0) is 0 Å². The molecule has 0 bridgehead atoms. The number of halogens is 2. The lowest BCUT2D eigenvalue weighted by Gasteiger charge is -2.10. The van der Waals surface area contributed by atoms with E-state index in [1.54, 1.807) is 18.2 Å². The lowest BCUT2D eigenvalue weighted by Crippen LogP contribution is -2.28. The predicted molar refractivity (Wildman–Crippen MR) is 75.3 cm³/mol. The van der Waals surface area contributed by atoms with Crippen molar-refractivity contribution < 1.29 is 0 Å². The number of benzene rings is 1. The van der Waals surface area contributed by atoms with E-state index in [0.717, 1.165) is 0 Å². The summed E-state index contributed by atoms with van der Waals surface area (Å²) in [7, 11) is 0. The Labute approximate surface area is 110 Å². The molecule has 3 nitrogen and oxygen atoms in total. The Hall–Kier alpha value is -0.970. The highest BCUT2D eigenvalue weighted by Crippen LogP contribution is 2.30. The van der Waals surface area contributed by atoms with Gasteiger partial charge in [0.2, 0.25) is 0 Å². The first-order chi connectivity index (χ1) is 7.54. The standard InChI is InChI=1S/C10H11Cl2N3S/c1-2-3-14-10(16)15-6-4-7(11)9(13)8(12)5-6/h2,4-5H,1,3,13H2,(H2,14,15,16). The first-order valence-electron chi connectivity index (χ1n) is 4.45. The zero-order chi connectivity index (χ0) is 12.1. The van der Waals surface area contributed by atoms with Gasteiger partial charge in [0.25, 0.3) is 0 Å². The molecule has 1 rings (SSSR count). The van der Waals surface area contributed by atoms with Crippen molar-refractivity contribution in [2.24, 2.45) is 0 Å². The molecule has 0 aliphatic carbocycles. The summed E-state index contributed by atoms with van der Waals surface area (Å²) in [5, 5.41) is 7.10. The third-order valence-corrected chi connectivity index (χ3v) is 2.62. The summed E-state index contributed by atoms with van der Waals surface area (Å²) < 4.78 is 0. The van der Waals surface area contributed by atoms with Gasteiger partial charge in [-0.2, -0.15) is 0 Å². The summed E-state index contributed by atoms with van der Waals surface area (Å²) in [6, 6.07) is 3.31. The highest BCUT2D eigenvalue weighted by molar-refractivity contribution is 7.80. The van der Waals surface area contributed by atoms with E-state index < -0.39 is 0 Å². The van der Waals surface area contributed by atoms with Crippen LogP contribution >= 0.6 is 35.4 Å². The van der Waals surface area contributed by atoms with Crippen molar-refractivity contribution in [1.29, 1.82) is 0 Å². The molecule has 0 heterocycles. The number of nitrogens with two attached hydrogens (primary N) is 1. The van der Waals surface area contributed by atoms with Gasteiger partial charge in [0, 0.05) is 12.2 Å². The minimum atomic E-state index is 0.360. The predicted octanol–water partition coefficient (Wildman–Crippen LogP) is 3.05. The van der Waals surface area contributed by atoms with Gasteiger partial charge in [-0.15, -0.1) is 6.58 Å². The van der Waals surface area contributed by atoms with Gasteiger partial charge in [-0.05, 0) is 24.4 Å². The van der Waals surface area contributed by atoms with Crippen molar-refractivity contribution in [2.45, 2.75) is 0 Å². The number of thiocarbonyl (C=S) groups is 1. The van der Waals surface area contributed by atoms with Gasteiger partial charge in [0.05, 0.1) is 15.7 Å². The van der Waals surface area contributed by atoms with Crippen molar-refractivity contribution in [3.05, 3.63) is 34.8 Å². The van der Waals surface area contributed by atoms with Crippen molar-refractivity contribution in [3.63, 3.8) is 0 Å². The highest BCUT2D eigenvalue weighted by atomic mass is 35.5. The molecule has 6 heteroatoms. The fourth-order valence-electron chi connectivity index (χ4n) is 0.997. The zero-order valence-electron chi connectivity index (χ0n) is 8.39. The summed E-state index contributed by atoms with van der Waals surface area (Å²) >= 11 is 16.8. The smallest absolute Gasteiger partial charge is 0.171 e. The van der Waals surface area contributed by atoms with E-state index in [9.17, 15) is 0 Å². The van der Waals surface area contributed by atoms with Crippen LogP contribution in [0, 0.1) is 0 Å². The molecule has 0 aliphatic rings. The molecule has 0 saturated heterocycles. The fourth-order valence-corrected chi connectivity index (χ4v) is 1.68. The van der Waals surface area contributed by atoms with Gasteiger partial charge >= 0.3 is 0 Å². The van der Waals surface area contributed by atoms with E-state index >= 15 is 0 Å².